The van der Waals surface area contributed by atoms with Crippen molar-refractivity contribution in [2.24, 2.45) is 0 Å². The molecule has 2 aromatic rings. The third-order valence-electron chi connectivity index (χ3n) is 4.89. The summed E-state index contributed by atoms with van der Waals surface area (Å²) in [5.41, 5.74) is 0. The maximum absolute atomic E-state index is 13.9. The Hall–Kier alpha value is -2.48. The van der Waals surface area contributed by atoms with E-state index in [9.17, 15) is 34.8 Å². The van der Waals surface area contributed by atoms with Gasteiger partial charge in [-0.15, -0.1) is 0 Å². The van der Waals surface area contributed by atoms with Crippen molar-refractivity contribution in [3.05, 3.63) is 59.9 Å². The highest BCUT2D eigenvalue weighted by Gasteiger charge is 2.34. The van der Waals surface area contributed by atoms with Gasteiger partial charge in [0.25, 0.3) is 0 Å². The minimum atomic E-state index is -4.33. The maximum atomic E-state index is 13.9. The van der Waals surface area contributed by atoms with Crippen LogP contribution in [-0.2, 0) is 24.8 Å². The monoisotopic (exact) mass is 491 g/mol. The van der Waals surface area contributed by atoms with Crippen molar-refractivity contribution in [1.82, 2.24) is 13.9 Å². The molecule has 1 atom stereocenters. The smallest absolute Gasteiger partial charge is 0.246 e. The molecule has 1 aliphatic rings. The second-order valence-electron chi connectivity index (χ2n) is 7.08. The first-order valence-electron chi connectivity index (χ1n) is 9.44. The van der Waals surface area contributed by atoms with Crippen LogP contribution >= 0.6 is 0 Å². The standard InChI is InChI=1S/C19H20F3N3O5S2/c1-13(23-31(27,28)17-5-3-2-4-15(17)21)19(26)24-8-10-25(11-9-24)32(29,30)18-12-14(20)6-7-16(18)22/h2-7,12-13,23H,8-11H2,1H3/t13-/m0/s1. The predicted molar refractivity (Wildman–Crippen MR) is 108 cm³/mol. The zero-order chi connectivity index (χ0) is 23.7. The molecule has 174 valence electrons. The average molecular weight is 492 g/mol. The van der Waals surface area contributed by atoms with Crippen LogP contribution in [0.2, 0.25) is 0 Å². The Morgan fingerprint density at radius 2 is 1.50 bits per heavy atom. The van der Waals surface area contributed by atoms with Crippen LogP contribution in [0.5, 0.6) is 0 Å². The molecule has 0 aromatic heterocycles. The van der Waals surface area contributed by atoms with Crippen LogP contribution in [0.25, 0.3) is 0 Å². The van der Waals surface area contributed by atoms with Gasteiger partial charge in [0.15, 0.2) is 0 Å². The maximum Gasteiger partial charge on any atom is 0.246 e. The fourth-order valence-corrected chi connectivity index (χ4v) is 6.02. The first-order chi connectivity index (χ1) is 14.9. The van der Waals surface area contributed by atoms with Crippen LogP contribution in [-0.4, -0.2) is 64.2 Å². The van der Waals surface area contributed by atoms with Gasteiger partial charge < -0.3 is 4.90 Å². The summed E-state index contributed by atoms with van der Waals surface area (Å²) in [5.74, 6) is -3.61. The molecule has 3 rings (SSSR count). The number of carbonyl (C=O) groups is 1. The summed E-state index contributed by atoms with van der Waals surface area (Å²) < 4.78 is 94.2. The molecule has 1 N–H and O–H groups in total. The van der Waals surface area contributed by atoms with Crippen molar-refractivity contribution in [2.75, 3.05) is 26.2 Å². The van der Waals surface area contributed by atoms with E-state index in [0.717, 1.165) is 22.5 Å². The first-order valence-corrected chi connectivity index (χ1v) is 12.4. The lowest BCUT2D eigenvalue weighted by atomic mass is 10.2. The molecule has 0 bridgehead atoms. The van der Waals surface area contributed by atoms with Crippen LogP contribution in [0.4, 0.5) is 13.2 Å². The fourth-order valence-electron chi connectivity index (χ4n) is 3.25. The van der Waals surface area contributed by atoms with Gasteiger partial charge in [-0.25, -0.2) is 30.0 Å². The Balaban J connectivity index is 1.66. The number of piperazine rings is 1. The number of nitrogens with one attached hydrogen (secondary N) is 1. The van der Waals surface area contributed by atoms with Crippen molar-refractivity contribution in [3.8, 4) is 0 Å². The van der Waals surface area contributed by atoms with Gasteiger partial charge in [-0.3, -0.25) is 4.79 Å². The molecule has 0 saturated carbocycles. The summed E-state index contributed by atoms with van der Waals surface area (Å²) in [6.07, 6.45) is 0. The molecule has 8 nitrogen and oxygen atoms in total. The number of sulfonamides is 2. The van der Waals surface area contributed by atoms with Crippen molar-refractivity contribution in [1.29, 1.82) is 0 Å². The lowest BCUT2D eigenvalue weighted by Gasteiger charge is -2.35. The zero-order valence-corrected chi connectivity index (χ0v) is 18.5. The van der Waals surface area contributed by atoms with E-state index in [1.165, 1.54) is 24.0 Å². The van der Waals surface area contributed by atoms with Gasteiger partial charge in [0.1, 0.15) is 27.2 Å². The summed E-state index contributed by atoms with van der Waals surface area (Å²) in [5, 5.41) is 0. The van der Waals surface area contributed by atoms with Gasteiger partial charge in [-0.1, -0.05) is 12.1 Å². The van der Waals surface area contributed by atoms with Gasteiger partial charge in [0.05, 0.1) is 6.04 Å². The normalized spacial score (nSPS) is 16.7. The molecule has 32 heavy (non-hydrogen) atoms. The van der Waals surface area contributed by atoms with Crippen LogP contribution in [0, 0.1) is 17.5 Å². The number of benzene rings is 2. The number of hydrogen-bond acceptors (Lipinski definition) is 5. The molecule has 13 heteroatoms. The lowest BCUT2D eigenvalue weighted by molar-refractivity contribution is -0.133. The number of halogens is 3. The topological polar surface area (TPSA) is 104 Å². The second kappa shape index (κ2) is 9.17. The third-order valence-corrected chi connectivity index (χ3v) is 8.38. The first kappa shape index (κ1) is 24.2. The van der Waals surface area contributed by atoms with Crippen LogP contribution in [0.3, 0.4) is 0 Å². The number of amides is 1. The number of carbonyl (C=O) groups excluding carboxylic acids is 1. The Labute approximate surface area is 183 Å². The van der Waals surface area contributed by atoms with E-state index in [2.05, 4.69) is 4.72 Å². The van der Waals surface area contributed by atoms with Gasteiger partial charge in [0.2, 0.25) is 26.0 Å². The number of rotatable bonds is 6. The van der Waals surface area contributed by atoms with Gasteiger partial charge in [0, 0.05) is 26.2 Å². The summed E-state index contributed by atoms with van der Waals surface area (Å²) in [4.78, 5) is 12.5. The Bertz CT molecular complexity index is 1230. The van der Waals surface area contributed by atoms with Gasteiger partial charge in [-0.05, 0) is 37.3 Å². The van der Waals surface area contributed by atoms with Crippen LogP contribution < -0.4 is 4.72 Å². The van der Waals surface area contributed by atoms with Gasteiger partial charge in [-0.2, -0.15) is 9.03 Å². The van der Waals surface area contributed by atoms with Crippen LogP contribution in [0.15, 0.2) is 52.3 Å². The molecule has 1 aliphatic heterocycles. The molecule has 1 heterocycles. The lowest BCUT2D eigenvalue weighted by Crippen LogP contribution is -2.55. The molecular formula is C19H20F3N3O5S2. The van der Waals surface area contributed by atoms with E-state index >= 15 is 0 Å². The summed E-state index contributed by atoms with van der Waals surface area (Å²) >= 11 is 0. The zero-order valence-electron chi connectivity index (χ0n) is 16.8. The van der Waals surface area contributed by atoms with E-state index in [4.69, 9.17) is 0 Å². The Morgan fingerprint density at radius 3 is 2.12 bits per heavy atom. The molecule has 2 aromatic carbocycles. The Kier molecular flexibility index (Phi) is 6.93. The Morgan fingerprint density at radius 1 is 0.906 bits per heavy atom. The molecule has 1 amide bonds. The van der Waals surface area contributed by atoms with Crippen LogP contribution in [0.1, 0.15) is 6.92 Å². The largest absolute Gasteiger partial charge is 0.339 e. The van der Waals surface area contributed by atoms with Crippen molar-refractivity contribution in [2.45, 2.75) is 22.8 Å². The minimum absolute atomic E-state index is 0.0965. The number of nitrogens with zero attached hydrogens (tertiary/aromatic N) is 2. The summed E-state index contributed by atoms with van der Waals surface area (Å²) in [6, 6.07) is 5.55. The highest BCUT2D eigenvalue weighted by molar-refractivity contribution is 7.89. The minimum Gasteiger partial charge on any atom is -0.339 e. The predicted octanol–water partition coefficient (Wildman–Crippen LogP) is 1.30. The average Bonchev–Trinajstić information content (AvgIpc) is 2.74. The quantitative estimate of drug-likeness (QED) is 0.656. The third kappa shape index (κ3) is 4.95. The number of hydrogen-bond donors (Lipinski definition) is 1. The van der Waals surface area contributed by atoms with E-state index in [0.29, 0.717) is 12.1 Å². The van der Waals surface area contributed by atoms with Crippen molar-refractivity contribution >= 4 is 26.0 Å². The molecular weight excluding hydrogens is 471 g/mol. The van der Waals surface area contributed by atoms with Gasteiger partial charge >= 0.3 is 0 Å². The fraction of sp³-hybridized carbons (Fsp3) is 0.316. The van der Waals surface area contributed by atoms with E-state index in [1.807, 2.05) is 0 Å². The highest BCUT2D eigenvalue weighted by atomic mass is 32.2. The second-order valence-corrected chi connectivity index (χ2v) is 10.7. The van der Waals surface area contributed by atoms with E-state index in [1.54, 1.807) is 0 Å². The summed E-state index contributed by atoms with van der Waals surface area (Å²) in [7, 11) is -8.64. The molecule has 1 fully saturated rings. The molecule has 0 aliphatic carbocycles. The molecule has 0 spiro atoms. The SMILES string of the molecule is C[C@H](NS(=O)(=O)c1ccccc1F)C(=O)N1CCN(S(=O)(=O)c2cc(F)ccc2F)CC1. The summed E-state index contributed by atoms with van der Waals surface area (Å²) in [6.45, 7) is 0.696. The van der Waals surface area contributed by atoms with E-state index < -0.39 is 59.2 Å². The van der Waals surface area contributed by atoms with Crippen molar-refractivity contribution < 1.29 is 34.8 Å². The van der Waals surface area contributed by atoms with E-state index in [-0.39, 0.29) is 26.2 Å². The molecule has 0 radical (unpaired) electrons. The molecule has 1 saturated heterocycles. The molecule has 0 unspecified atom stereocenters. The highest BCUT2D eigenvalue weighted by Crippen LogP contribution is 2.22. The van der Waals surface area contributed by atoms with Crippen molar-refractivity contribution in [3.63, 3.8) is 0 Å².